The molecule has 0 aliphatic heterocycles. The number of methoxy groups -OCH3 is 1. The number of benzene rings is 2. The number of carbonyl (C=O) groups excluding carboxylic acids is 1. The minimum atomic E-state index is -0.114. The second-order valence-corrected chi connectivity index (χ2v) is 5.48. The molecule has 2 aromatic carbocycles. The van der Waals surface area contributed by atoms with E-state index in [-0.39, 0.29) is 11.8 Å². The average molecular weight is 306 g/mol. The fourth-order valence-electron chi connectivity index (χ4n) is 2.64. The molecule has 0 unspecified atom stereocenters. The summed E-state index contributed by atoms with van der Waals surface area (Å²) >= 11 is 0. The molecule has 4 heteroatoms. The summed E-state index contributed by atoms with van der Waals surface area (Å²) < 4.78 is 5.40. The summed E-state index contributed by atoms with van der Waals surface area (Å²) in [7, 11) is 1.56. The van der Waals surface area contributed by atoms with Crippen molar-refractivity contribution in [1.82, 2.24) is 4.98 Å². The summed E-state index contributed by atoms with van der Waals surface area (Å²) in [6.07, 6.45) is 3.44. The summed E-state index contributed by atoms with van der Waals surface area (Å²) in [5.41, 5.74) is 8.00. The number of nitrogens with zero attached hydrogens (tertiary/aromatic N) is 1. The molecule has 3 aromatic rings. The van der Waals surface area contributed by atoms with E-state index in [0.29, 0.717) is 16.9 Å². The van der Waals surface area contributed by atoms with Crippen LogP contribution in [0.5, 0.6) is 5.75 Å². The molecule has 0 bridgehead atoms. The molecule has 1 atom stereocenters. The van der Waals surface area contributed by atoms with Crippen LogP contribution in [0.2, 0.25) is 0 Å². The van der Waals surface area contributed by atoms with E-state index in [0.717, 1.165) is 16.3 Å². The molecule has 0 amide bonds. The van der Waals surface area contributed by atoms with Gasteiger partial charge in [-0.25, -0.2) is 0 Å². The van der Waals surface area contributed by atoms with Crippen LogP contribution in [0.4, 0.5) is 0 Å². The first-order valence-corrected chi connectivity index (χ1v) is 7.42. The van der Waals surface area contributed by atoms with Crippen LogP contribution in [0.1, 0.15) is 34.5 Å². The Kier molecular flexibility index (Phi) is 4.08. The molecule has 1 aromatic heterocycles. The van der Waals surface area contributed by atoms with Crippen LogP contribution in [0.25, 0.3) is 10.8 Å². The van der Waals surface area contributed by atoms with E-state index in [9.17, 15) is 4.79 Å². The topological polar surface area (TPSA) is 65.2 Å². The van der Waals surface area contributed by atoms with E-state index in [1.54, 1.807) is 25.6 Å². The van der Waals surface area contributed by atoms with Crippen molar-refractivity contribution < 1.29 is 9.53 Å². The first-order chi connectivity index (χ1) is 11.1. The third-order valence-corrected chi connectivity index (χ3v) is 3.92. The van der Waals surface area contributed by atoms with Gasteiger partial charge in [0.15, 0.2) is 5.78 Å². The number of ether oxygens (including phenoxy) is 1. The Balaban J connectivity index is 2.13. The quantitative estimate of drug-likeness (QED) is 0.749. The molecule has 4 nitrogen and oxygen atoms in total. The second-order valence-electron chi connectivity index (χ2n) is 5.48. The number of carbonyl (C=O) groups is 1. The molecule has 2 N–H and O–H groups in total. The van der Waals surface area contributed by atoms with Gasteiger partial charge in [0.05, 0.1) is 12.7 Å². The van der Waals surface area contributed by atoms with Crippen LogP contribution in [-0.4, -0.2) is 17.9 Å². The highest BCUT2D eigenvalue weighted by atomic mass is 16.5. The van der Waals surface area contributed by atoms with Gasteiger partial charge >= 0.3 is 0 Å². The Hall–Kier alpha value is -2.72. The lowest BCUT2D eigenvalue weighted by molar-refractivity contribution is 0.103. The van der Waals surface area contributed by atoms with Crippen LogP contribution in [0.15, 0.2) is 54.9 Å². The lowest BCUT2D eigenvalue weighted by Crippen LogP contribution is -2.08. The highest BCUT2D eigenvalue weighted by Crippen LogP contribution is 2.28. The number of rotatable bonds is 4. The molecule has 23 heavy (non-hydrogen) atoms. The summed E-state index contributed by atoms with van der Waals surface area (Å²) in [6.45, 7) is 1.90. The molecule has 116 valence electrons. The lowest BCUT2D eigenvalue weighted by atomic mass is 9.96. The van der Waals surface area contributed by atoms with Crippen LogP contribution in [0, 0.1) is 0 Å². The predicted molar refractivity (Wildman–Crippen MR) is 90.8 cm³/mol. The Morgan fingerprint density at radius 2 is 2.00 bits per heavy atom. The number of nitrogens with two attached hydrogens (primary N) is 1. The minimum absolute atomic E-state index is 0.0742. The summed E-state index contributed by atoms with van der Waals surface area (Å²) in [6, 6.07) is 12.8. The molecule has 0 saturated carbocycles. The molecule has 0 radical (unpaired) electrons. The Morgan fingerprint density at radius 1 is 1.17 bits per heavy atom. The molecular weight excluding hydrogens is 288 g/mol. The maximum atomic E-state index is 13.0. The Morgan fingerprint density at radius 3 is 2.74 bits per heavy atom. The summed E-state index contributed by atoms with van der Waals surface area (Å²) in [5.74, 6) is 0.464. The molecule has 0 spiro atoms. The van der Waals surface area contributed by atoms with E-state index in [1.165, 1.54) is 0 Å². The Bertz CT molecular complexity index is 867. The molecule has 0 aliphatic rings. The number of hydrogen-bond donors (Lipinski definition) is 1. The van der Waals surface area contributed by atoms with Gasteiger partial charge in [-0.15, -0.1) is 0 Å². The molecular formula is C19H18N2O2. The highest BCUT2D eigenvalue weighted by Gasteiger charge is 2.17. The predicted octanol–water partition coefficient (Wildman–Crippen LogP) is 3.49. The van der Waals surface area contributed by atoms with E-state index in [1.807, 2.05) is 43.3 Å². The fraction of sp³-hybridized carbons (Fsp3) is 0.158. The normalized spacial score (nSPS) is 12.1. The van der Waals surface area contributed by atoms with Crippen LogP contribution >= 0.6 is 0 Å². The zero-order chi connectivity index (χ0) is 16.4. The number of fused-ring (bicyclic) bond motifs is 1. The molecule has 0 aliphatic carbocycles. The molecule has 0 saturated heterocycles. The van der Waals surface area contributed by atoms with Gasteiger partial charge in [-0.05, 0) is 36.1 Å². The maximum Gasteiger partial charge on any atom is 0.197 e. The average Bonchev–Trinajstić information content (AvgIpc) is 2.60. The highest BCUT2D eigenvalue weighted by molar-refractivity contribution is 6.17. The zero-order valence-electron chi connectivity index (χ0n) is 13.1. The Labute approximate surface area is 134 Å². The third kappa shape index (κ3) is 2.81. The lowest BCUT2D eigenvalue weighted by Gasteiger charge is -2.13. The van der Waals surface area contributed by atoms with Crippen molar-refractivity contribution in [3.63, 3.8) is 0 Å². The monoisotopic (exact) mass is 306 g/mol. The van der Waals surface area contributed by atoms with Gasteiger partial charge in [-0.1, -0.05) is 24.3 Å². The summed E-state index contributed by atoms with van der Waals surface area (Å²) in [4.78, 5) is 17.1. The SMILES string of the molecule is COc1cc([C@H](C)N)ccc1C(=O)c1cccc2cnccc12. The minimum Gasteiger partial charge on any atom is -0.496 e. The smallest absolute Gasteiger partial charge is 0.197 e. The van der Waals surface area contributed by atoms with Crippen molar-refractivity contribution in [3.8, 4) is 5.75 Å². The summed E-state index contributed by atoms with van der Waals surface area (Å²) in [5, 5.41) is 1.82. The van der Waals surface area contributed by atoms with E-state index < -0.39 is 0 Å². The third-order valence-electron chi connectivity index (χ3n) is 3.92. The first kappa shape index (κ1) is 15.2. The van der Waals surface area contributed by atoms with E-state index in [2.05, 4.69) is 4.98 Å². The van der Waals surface area contributed by atoms with Gasteiger partial charge in [-0.3, -0.25) is 9.78 Å². The largest absolute Gasteiger partial charge is 0.496 e. The van der Waals surface area contributed by atoms with Crippen LogP contribution in [0.3, 0.4) is 0 Å². The van der Waals surface area contributed by atoms with Crippen molar-refractivity contribution in [2.75, 3.05) is 7.11 Å². The molecule has 3 rings (SSSR count). The number of hydrogen-bond acceptors (Lipinski definition) is 4. The van der Waals surface area contributed by atoms with Crippen molar-refractivity contribution in [2.45, 2.75) is 13.0 Å². The van der Waals surface area contributed by atoms with Crippen LogP contribution in [-0.2, 0) is 0 Å². The number of pyridine rings is 1. The maximum absolute atomic E-state index is 13.0. The fourth-order valence-corrected chi connectivity index (χ4v) is 2.64. The van der Waals surface area contributed by atoms with Gasteiger partial charge in [0.2, 0.25) is 0 Å². The van der Waals surface area contributed by atoms with Crippen molar-refractivity contribution in [2.24, 2.45) is 5.73 Å². The number of aromatic nitrogens is 1. The standard InChI is InChI=1S/C19H18N2O2/c1-12(20)13-6-7-17(18(10-13)23-2)19(22)16-5-3-4-14-11-21-9-8-15(14)16/h3-12H,20H2,1-2H3/t12-/m0/s1. The number of ketones is 1. The van der Waals surface area contributed by atoms with E-state index >= 15 is 0 Å². The van der Waals surface area contributed by atoms with Gasteiger partial charge in [0, 0.05) is 29.4 Å². The van der Waals surface area contributed by atoms with Crippen molar-refractivity contribution in [1.29, 1.82) is 0 Å². The van der Waals surface area contributed by atoms with Crippen molar-refractivity contribution >= 4 is 16.6 Å². The van der Waals surface area contributed by atoms with Gasteiger partial charge in [0.1, 0.15) is 5.75 Å². The van der Waals surface area contributed by atoms with Gasteiger partial charge in [-0.2, -0.15) is 0 Å². The van der Waals surface area contributed by atoms with Crippen LogP contribution < -0.4 is 10.5 Å². The van der Waals surface area contributed by atoms with Gasteiger partial charge in [0.25, 0.3) is 0 Å². The molecule has 1 heterocycles. The van der Waals surface area contributed by atoms with E-state index in [4.69, 9.17) is 10.5 Å². The first-order valence-electron chi connectivity index (χ1n) is 7.42. The molecule has 0 fully saturated rings. The van der Waals surface area contributed by atoms with Gasteiger partial charge < -0.3 is 10.5 Å². The van der Waals surface area contributed by atoms with Crippen molar-refractivity contribution in [3.05, 3.63) is 71.5 Å². The zero-order valence-corrected chi connectivity index (χ0v) is 13.1. The second kappa shape index (κ2) is 6.18.